The third-order valence-electron chi connectivity index (χ3n) is 6.13. The van der Waals surface area contributed by atoms with Crippen LogP contribution in [-0.4, -0.2) is 28.6 Å². The van der Waals surface area contributed by atoms with Gasteiger partial charge in [-0.1, -0.05) is 120 Å². The zero-order valence-corrected chi connectivity index (χ0v) is 21.6. The number of fused-ring (bicyclic) bond motifs is 1. The number of hydrogen-bond acceptors (Lipinski definition) is 5. The number of benzene rings is 4. The van der Waals surface area contributed by atoms with E-state index in [4.69, 9.17) is 11.8 Å². The van der Waals surface area contributed by atoms with E-state index < -0.39 is 21.7 Å². The summed E-state index contributed by atoms with van der Waals surface area (Å²) in [6.07, 6.45) is 0. The summed E-state index contributed by atoms with van der Waals surface area (Å²) in [4.78, 5) is 0. The fourth-order valence-electron chi connectivity index (χ4n) is 4.33. The molecule has 0 saturated carbocycles. The molecule has 5 rings (SSSR count). The highest BCUT2D eigenvalue weighted by Crippen LogP contribution is 2.58. The largest absolute Gasteiger partial charge is 0.256 e. The molecule has 0 aliphatic carbocycles. The normalized spacial score (nSPS) is 13.1. The maximum Gasteiger partial charge on any atom is 0.256 e. The summed E-state index contributed by atoms with van der Waals surface area (Å²) in [5, 5.41) is 10.0. The lowest BCUT2D eigenvalue weighted by Gasteiger charge is -2.32. The Morgan fingerprint density at radius 3 is 1.94 bits per heavy atom. The summed E-state index contributed by atoms with van der Waals surface area (Å²) in [7, 11) is -3.90. The highest BCUT2D eigenvalue weighted by atomic mass is 32.4. The molecule has 0 radical (unpaired) electrons. The van der Waals surface area contributed by atoms with Gasteiger partial charge in [-0.15, -0.1) is 9.19 Å². The van der Waals surface area contributed by atoms with E-state index in [2.05, 4.69) is 10.3 Å². The third kappa shape index (κ3) is 4.47. The van der Waals surface area contributed by atoms with Crippen molar-refractivity contribution in [3.05, 3.63) is 120 Å². The molecule has 1 aromatic heterocycles. The molecule has 0 saturated heterocycles. The molecule has 0 spiro atoms. The lowest BCUT2D eigenvalue weighted by Crippen LogP contribution is -2.29. The summed E-state index contributed by atoms with van der Waals surface area (Å²) in [5.41, 5.74) is 2.54. The van der Waals surface area contributed by atoms with E-state index in [9.17, 15) is 8.42 Å². The van der Waals surface area contributed by atoms with Crippen LogP contribution in [-0.2, 0) is 21.8 Å². The van der Waals surface area contributed by atoms with Crippen LogP contribution in [0.2, 0.25) is 0 Å². The maximum absolute atomic E-state index is 13.9. The molecule has 4 aromatic carbocycles. The minimum atomic E-state index is -3.90. The van der Waals surface area contributed by atoms with Crippen molar-refractivity contribution >= 4 is 49.5 Å². The predicted octanol–water partition coefficient (Wildman–Crippen LogP) is 4.79. The molecule has 0 bridgehead atoms. The Labute approximate surface area is 210 Å². The average molecular weight is 518 g/mol. The van der Waals surface area contributed by atoms with Crippen LogP contribution in [0.15, 0.2) is 109 Å². The third-order valence-corrected chi connectivity index (χ3v) is 13.4. The van der Waals surface area contributed by atoms with Crippen molar-refractivity contribution in [1.29, 1.82) is 0 Å². The summed E-state index contributed by atoms with van der Waals surface area (Å²) in [6.45, 7) is 2.02. The molecule has 0 aliphatic rings. The predicted molar refractivity (Wildman–Crippen MR) is 147 cm³/mol. The molecule has 1 atom stereocenters. The molecule has 5 nitrogen and oxygen atoms in total. The van der Waals surface area contributed by atoms with Crippen LogP contribution in [0.1, 0.15) is 16.8 Å². The maximum atomic E-state index is 13.9. The average Bonchev–Trinajstić information content (AvgIpc) is 3.34. The van der Waals surface area contributed by atoms with Crippen LogP contribution in [0.5, 0.6) is 0 Å². The molecule has 0 N–H and O–H groups in total. The van der Waals surface area contributed by atoms with Crippen molar-refractivity contribution in [2.24, 2.45) is 0 Å². The second-order valence-corrected chi connectivity index (χ2v) is 15.0. The lowest BCUT2D eigenvalue weighted by molar-refractivity contribution is 0.578. The van der Waals surface area contributed by atoms with Gasteiger partial charge in [-0.05, 0) is 35.2 Å². The van der Waals surface area contributed by atoms with Crippen molar-refractivity contribution in [3.8, 4) is 0 Å². The summed E-state index contributed by atoms with van der Waals surface area (Å²) in [6, 6.07) is 32.3. The molecule has 0 unspecified atom stereocenters. The van der Waals surface area contributed by atoms with E-state index in [0.717, 1.165) is 25.8 Å². The number of aryl methyl sites for hydroxylation is 1. The summed E-state index contributed by atoms with van der Waals surface area (Å²) in [5.74, 6) is -0.190. The van der Waals surface area contributed by atoms with E-state index in [-0.39, 0.29) is 5.75 Å². The smallest absolute Gasteiger partial charge is 0.205 e. The zero-order chi connectivity index (χ0) is 24.5. The monoisotopic (exact) mass is 517 g/mol. The highest BCUT2D eigenvalue weighted by Gasteiger charge is 2.37. The molecule has 8 heteroatoms. The first-order chi connectivity index (χ1) is 16.9. The quantitative estimate of drug-likeness (QED) is 0.291. The lowest BCUT2D eigenvalue weighted by atomic mass is 10.1. The second-order valence-electron chi connectivity index (χ2n) is 8.46. The topological polar surface area (TPSA) is 64.8 Å². The Kier molecular flexibility index (Phi) is 6.41. The van der Waals surface area contributed by atoms with Gasteiger partial charge < -0.3 is 0 Å². The molecule has 35 heavy (non-hydrogen) atoms. The van der Waals surface area contributed by atoms with Gasteiger partial charge >= 0.3 is 0 Å². The Morgan fingerprint density at radius 2 is 1.34 bits per heavy atom. The van der Waals surface area contributed by atoms with Crippen molar-refractivity contribution < 1.29 is 8.42 Å². The molecular formula is C27H24N3O2PS2. The van der Waals surface area contributed by atoms with Gasteiger partial charge in [0.2, 0.25) is 0 Å². The molecule has 1 heterocycles. The van der Waals surface area contributed by atoms with Crippen molar-refractivity contribution in [1.82, 2.24) is 14.4 Å². The van der Waals surface area contributed by atoms with Crippen LogP contribution in [0.3, 0.4) is 0 Å². The summed E-state index contributed by atoms with van der Waals surface area (Å²) < 4.78 is 28.9. The van der Waals surface area contributed by atoms with Crippen LogP contribution in [0.4, 0.5) is 0 Å². The van der Waals surface area contributed by atoms with Crippen LogP contribution in [0, 0.1) is 6.92 Å². The Bertz CT molecular complexity index is 1570. The number of para-hydroxylation sites is 1. The van der Waals surface area contributed by atoms with Gasteiger partial charge in [0.15, 0.2) is 0 Å². The Balaban J connectivity index is 1.73. The number of nitrogens with zero attached hydrogens (tertiary/aromatic N) is 3. The van der Waals surface area contributed by atoms with E-state index in [1.165, 1.54) is 0 Å². The summed E-state index contributed by atoms with van der Waals surface area (Å²) >= 11 is 6.57. The van der Waals surface area contributed by atoms with Crippen molar-refractivity contribution in [2.75, 3.05) is 5.75 Å². The highest BCUT2D eigenvalue weighted by molar-refractivity contribution is 8.22. The molecule has 176 valence electrons. The first-order valence-electron chi connectivity index (χ1n) is 11.2. The zero-order valence-electron chi connectivity index (χ0n) is 19.1. The number of rotatable bonds is 7. The fraction of sp³-hybridized carbons (Fsp3) is 0.111. The standard InChI is InChI=1S/C27H24N3O2PS2/c1-21-16-18-22(19-17-21)27(20-35(31,32)30-26-15-9-8-14-25(26)28-29-30)33(34,23-10-4-2-5-11-23)24-12-6-3-7-13-24/h2-19,27H,20H2,1H3/t27-/m0/s1. The van der Waals surface area contributed by atoms with Crippen LogP contribution >= 0.6 is 6.04 Å². The Hall–Kier alpha value is -3.12. The minimum absolute atomic E-state index is 0.190. The van der Waals surface area contributed by atoms with Gasteiger partial charge in [0.1, 0.15) is 11.0 Å². The van der Waals surface area contributed by atoms with Gasteiger partial charge in [0.05, 0.1) is 5.75 Å². The van der Waals surface area contributed by atoms with Crippen LogP contribution < -0.4 is 10.6 Å². The van der Waals surface area contributed by atoms with Gasteiger partial charge in [-0.25, -0.2) is 8.42 Å². The molecule has 0 aliphatic heterocycles. The molecule has 0 fully saturated rings. The second kappa shape index (κ2) is 9.50. The molecule has 5 aromatic rings. The van der Waals surface area contributed by atoms with E-state index in [1.54, 1.807) is 18.2 Å². The van der Waals surface area contributed by atoms with Gasteiger partial charge in [0, 0.05) is 11.7 Å². The first kappa shape index (κ1) is 23.6. The number of aromatic nitrogens is 3. The van der Waals surface area contributed by atoms with Crippen molar-refractivity contribution in [3.63, 3.8) is 0 Å². The molecular weight excluding hydrogens is 493 g/mol. The van der Waals surface area contributed by atoms with Gasteiger partial charge in [-0.2, -0.15) is 0 Å². The SMILES string of the molecule is Cc1ccc([C@H](CS(=O)(=O)n2nnc3ccccc32)P(=S)(c2ccccc2)c2ccccc2)cc1. The first-order valence-corrected chi connectivity index (χ1v) is 15.7. The van der Waals surface area contributed by atoms with Gasteiger partial charge in [-0.3, -0.25) is 0 Å². The van der Waals surface area contributed by atoms with Crippen molar-refractivity contribution in [2.45, 2.75) is 12.6 Å². The van der Waals surface area contributed by atoms with E-state index in [1.807, 2.05) is 97.9 Å². The molecule has 0 amide bonds. The Morgan fingerprint density at radius 1 is 0.800 bits per heavy atom. The van der Waals surface area contributed by atoms with Crippen LogP contribution in [0.25, 0.3) is 11.0 Å². The van der Waals surface area contributed by atoms with E-state index in [0.29, 0.717) is 11.0 Å². The minimum Gasteiger partial charge on any atom is -0.205 e. The van der Waals surface area contributed by atoms with Gasteiger partial charge in [0.25, 0.3) is 10.0 Å². The fourth-order valence-corrected chi connectivity index (χ4v) is 11.6. The van der Waals surface area contributed by atoms with E-state index >= 15 is 0 Å². The number of hydrogen-bond donors (Lipinski definition) is 0.